The molecule has 1 aliphatic heterocycles. The molecule has 0 amide bonds. The number of nitrogens with zero attached hydrogens (tertiary/aromatic N) is 4. The molecule has 0 radical (unpaired) electrons. The van der Waals surface area contributed by atoms with E-state index in [-0.39, 0.29) is 5.78 Å². The Morgan fingerprint density at radius 1 is 1.22 bits per heavy atom. The third-order valence-electron chi connectivity index (χ3n) is 3.82. The summed E-state index contributed by atoms with van der Waals surface area (Å²) in [4.78, 5) is 14.5. The first-order valence-electron chi connectivity index (χ1n) is 7.63. The molecule has 0 atom stereocenters. The van der Waals surface area contributed by atoms with Crippen molar-refractivity contribution in [2.24, 2.45) is 7.05 Å². The summed E-state index contributed by atoms with van der Waals surface area (Å²) in [5, 5.41) is 9.25. The zero-order valence-corrected chi connectivity index (χ0v) is 14.0. The van der Waals surface area contributed by atoms with Crippen LogP contribution in [-0.4, -0.2) is 57.5 Å². The van der Waals surface area contributed by atoms with Crippen molar-refractivity contribution < 1.29 is 9.53 Å². The van der Waals surface area contributed by atoms with Crippen LogP contribution in [-0.2, 0) is 18.3 Å². The maximum absolute atomic E-state index is 12.2. The van der Waals surface area contributed by atoms with Crippen LogP contribution in [0.15, 0.2) is 35.5 Å². The lowest BCUT2D eigenvalue weighted by Crippen LogP contribution is -2.36. The number of carbonyl (C=O) groups excluding carboxylic acids is 1. The minimum atomic E-state index is 0.105. The first-order valence-corrected chi connectivity index (χ1v) is 8.62. The molecule has 0 bridgehead atoms. The quantitative estimate of drug-likeness (QED) is 0.592. The lowest BCUT2D eigenvalue weighted by Gasteiger charge is -2.25. The van der Waals surface area contributed by atoms with Gasteiger partial charge in [-0.2, -0.15) is 0 Å². The van der Waals surface area contributed by atoms with Crippen molar-refractivity contribution in [2.75, 3.05) is 32.1 Å². The Kier molecular flexibility index (Phi) is 5.43. The standard InChI is InChI=1S/C16H20N4O2S/c1-19-15(11-20-7-9-22-10-8-20)17-18-16(19)23-12-14(21)13-5-3-2-4-6-13/h2-6H,7-12H2,1H3. The lowest BCUT2D eigenvalue weighted by molar-refractivity contribution is 0.0326. The molecule has 1 saturated heterocycles. The monoisotopic (exact) mass is 332 g/mol. The number of carbonyl (C=O) groups is 1. The second-order valence-corrected chi connectivity index (χ2v) is 6.37. The third-order valence-corrected chi connectivity index (χ3v) is 4.84. The average Bonchev–Trinajstić information content (AvgIpc) is 2.94. The average molecular weight is 332 g/mol. The number of Topliss-reactive ketones (excluding diaryl/α,β-unsaturated/α-hetero) is 1. The summed E-state index contributed by atoms with van der Waals surface area (Å²) >= 11 is 1.43. The van der Waals surface area contributed by atoms with E-state index in [0.717, 1.165) is 49.4 Å². The number of ether oxygens (including phenoxy) is 1. The number of hydrogen-bond acceptors (Lipinski definition) is 6. The summed E-state index contributed by atoms with van der Waals surface area (Å²) in [5.41, 5.74) is 0.732. The highest BCUT2D eigenvalue weighted by atomic mass is 32.2. The molecule has 1 aromatic carbocycles. The summed E-state index contributed by atoms with van der Waals surface area (Å²) in [6.07, 6.45) is 0. The van der Waals surface area contributed by atoms with Gasteiger partial charge in [-0.25, -0.2) is 0 Å². The molecule has 0 N–H and O–H groups in total. The van der Waals surface area contributed by atoms with Crippen LogP contribution in [0, 0.1) is 0 Å². The van der Waals surface area contributed by atoms with Gasteiger partial charge in [0.25, 0.3) is 0 Å². The topological polar surface area (TPSA) is 60.2 Å². The van der Waals surface area contributed by atoms with Gasteiger partial charge < -0.3 is 9.30 Å². The maximum Gasteiger partial charge on any atom is 0.191 e. The molecule has 0 aliphatic carbocycles. The molecule has 0 unspecified atom stereocenters. The fourth-order valence-corrected chi connectivity index (χ4v) is 3.23. The van der Waals surface area contributed by atoms with Gasteiger partial charge in [-0.3, -0.25) is 9.69 Å². The van der Waals surface area contributed by atoms with E-state index in [1.165, 1.54) is 11.8 Å². The molecule has 2 aromatic rings. The number of thioether (sulfide) groups is 1. The molecule has 3 rings (SSSR count). The number of aromatic nitrogens is 3. The number of benzene rings is 1. The second-order valence-electron chi connectivity index (χ2n) is 5.42. The van der Waals surface area contributed by atoms with Crippen molar-refractivity contribution in [3.05, 3.63) is 41.7 Å². The van der Waals surface area contributed by atoms with Gasteiger partial charge in [-0.05, 0) is 0 Å². The molecule has 1 fully saturated rings. The van der Waals surface area contributed by atoms with Crippen molar-refractivity contribution in [1.29, 1.82) is 0 Å². The van der Waals surface area contributed by atoms with Crippen molar-refractivity contribution in [1.82, 2.24) is 19.7 Å². The van der Waals surface area contributed by atoms with Crippen molar-refractivity contribution in [2.45, 2.75) is 11.7 Å². The molecule has 7 heteroatoms. The summed E-state index contributed by atoms with van der Waals surface area (Å²) in [7, 11) is 1.95. The molecule has 1 aromatic heterocycles. The minimum absolute atomic E-state index is 0.105. The Morgan fingerprint density at radius 2 is 1.96 bits per heavy atom. The van der Waals surface area contributed by atoms with Crippen LogP contribution in [0.2, 0.25) is 0 Å². The van der Waals surface area contributed by atoms with Gasteiger partial charge in [0.15, 0.2) is 10.9 Å². The Balaban J connectivity index is 1.57. The van der Waals surface area contributed by atoms with E-state index in [9.17, 15) is 4.79 Å². The summed E-state index contributed by atoms with van der Waals surface area (Å²) in [6.45, 7) is 4.14. The van der Waals surface area contributed by atoms with Gasteiger partial charge in [0.1, 0.15) is 5.82 Å². The largest absolute Gasteiger partial charge is 0.379 e. The van der Waals surface area contributed by atoms with Crippen LogP contribution in [0.4, 0.5) is 0 Å². The molecule has 0 saturated carbocycles. The zero-order valence-electron chi connectivity index (χ0n) is 13.1. The fourth-order valence-electron chi connectivity index (χ4n) is 2.41. The number of ketones is 1. The molecular formula is C16H20N4O2S. The van der Waals surface area contributed by atoms with Crippen molar-refractivity contribution in [3.63, 3.8) is 0 Å². The highest BCUT2D eigenvalue weighted by molar-refractivity contribution is 7.99. The van der Waals surface area contributed by atoms with E-state index in [2.05, 4.69) is 15.1 Å². The van der Waals surface area contributed by atoms with Crippen LogP contribution in [0.25, 0.3) is 0 Å². The highest BCUT2D eigenvalue weighted by Gasteiger charge is 2.16. The SMILES string of the molecule is Cn1c(CN2CCOCC2)nnc1SCC(=O)c1ccccc1. The predicted octanol–water partition coefficient (Wildman–Crippen LogP) is 1.62. The normalized spacial score (nSPS) is 15.7. The van der Waals surface area contributed by atoms with Crippen LogP contribution >= 0.6 is 11.8 Å². The van der Waals surface area contributed by atoms with E-state index in [1.54, 1.807) is 0 Å². The van der Waals surface area contributed by atoms with Crippen molar-refractivity contribution >= 4 is 17.5 Å². The highest BCUT2D eigenvalue weighted by Crippen LogP contribution is 2.18. The molecule has 122 valence electrons. The molecule has 23 heavy (non-hydrogen) atoms. The number of morpholine rings is 1. The van der Waals surface area contributed by atoms with E-state index >= 15 is 0 Å². The summed E-state index contributed by atoms with van der Waals surface area (Å²) in [6, 6.07) is 9.33. The van der Waals surface area contributed by atoms with Gasteiger partial charge in [-0.1, -0.05) is 42.1 Å². The van der Waals surface area contributed by atoms with Crippen LogP contribution in [0.5, 0.6) is 0 Å². The van der Waals surface area contributed by atoms with E-state index in [4.69, 9.17) is 4.74 Å². The molecule has 2 heterocycles. The Hall–Kier alpha value is -1.70. The predicted molar refractivity (Wildman–Crippen MR) is 88.6 cm³/mol. The first-order chi connectivity index (χ1) is 11.2. The van der Waals surface area contributed by atoms with Crippen LogP contribution < -0.4 is 0 Å². The second kappa shape index (κ2) is 7.72. The Bertz CT molecular complexity index is 653. The van der Waals surface area contributed by atoms with E-state index in [0.29, 0.717) is 5.75 Å². The van der Waals surface area contributed by atoms with Gasteiger partial charge in [0.05, 0.1) is 25.5 Å². The third kappa shape index (κ3) is 4.19. The van der Waals surface area contributed by atoms with Gasteiger partial charge in [0.2, 0.25) is 0 Å². The summed E-state index contributed by atoms with van der Waals surface area (Å²) < 4.78 is 7.32. The number of hydrogen-bond donors (Lipinski definition) is 0. The van der Waals surface area contributed by atoms with E-state index in [1.807, 2.05) is 41.9 Å². The molecule has 0 spiro atoms. The van der Waals surface area contributed by atoms with Gasteiger partial charge in [0, 0.05) is 25.7 Å². The first kappa shape index (κ1) is 16.2. The van der Waals surface area contributed by atoms with E-state index < -0.39 is 0 Å². The van der Waals surface area contributed by atoms with Crippen LogP contribution in [0.3, 0.4) is 0 Å². The molecule has 1 aliphatic rings. The Labute approximate surface area is 139 Å². The Morgan fingerprint density at radius 3 is 2.70 bits per heavy atom. The zero-order chi connectivity index (χ0) is 16.1. The van der Waals surface area contributed by atoms with Crippen LogP contribution in [0.1, 0.15) is 16.2 Å². The smallest absolute Gasteiger partial charge is 0.191 e. The fraction of sp³-hybridized carbons (Fsp3) is 0.438. The molecular weight excluding hydrogens is 312 g/mol. The van der Waals surface area contributed by atoms with Crippen molar-refractivity contribution in [3.8, 4) is 0 Å². The van der Waals surface area contributed by atoms with Gasteiger partial charge in [-0.15, -0.1) is 10.2 Å². The maximum atomic E-state index is 12.2. The van der Waals surface area contributed by atoms with Gasteiger partial charge >= 0.3 is 0 Å². The number of rotatable bonds is 6. The lowest BCUT2D eigenvalue weighted by atomic mass is 10.2. The summed E-state index contributed by atoms with van der Waals surface area (Å²) in [5.74, 6) is 1.39. The minimum Gasteiger partial charge on any atom is -0.379 e. The molecule has 6 nitrogen and oxygen atoms in total.